The standard InChI is InChI=1S/C7H5F7O/c8-2-1(7(12,13)14)3(9)5(11)6(15)4(2)10/h1-2,4,6,15H/t1?,2?,4-,6?/m1/s1. The van der Waals surface area contributed by atoms with Crippen molar-refractivity contribution >= 4 is 0 Å². The lowest BCUT2D eigenvalue weighted by Gasteiger charge is -2.31. The normalized spacial score (nSPS) is 38.4. The number of allylic oxidation sites excluding steroid dienone is 1. The smallest absolute Gasteiger partial charge is 0.383 e. The molecule has 1 rings (SSSR count). The SMILES string of the molecule is OC1C(F)=C(F)C(C(F)(F)F)C(F)[C@H]1F. The van der Waals surface area contributed by atoms with E-state index in [9.17, 15) is 30.7 Å². The molecule has 0 amide bonds. The van der Waals surface area contributed by atoms with Crippen molar-refractivity contribution in [2.45, 2.75) is 24.6 Å². The van der Waals surface area contributed by atoms with Gasteiger partial charge < -0.3 is 5.11 Å². The van der Waals surface area contributed by atoms with Crippen LogP contribution < -0.4 is 0 Å². The van der Waals surface area contributed by atoms with Crippen molar-refractivity contribution in [3.63, 3.8) is 0 Å². The Hall–Kier alpha value is -0.790. The Bertz CT molecular complexity index is 284. The Morgan fingerprint density at radius 3 is 1.80 bits per heavy atom. The molecule has 1 N–H and O–H groups in total. The summed E-state index contributed by atoms with van der Waals surface area (Å²) in [5.74, 6) is -8.30. The summed E-state index contributed by atoms with van der Waals surface area (Å²) < 4.78 is 86.4. The molecule has 0 spiro atoms. The van der Waals surface area contributed by atoms with Crippen molar-refractivity contribution in [3.05, 3.63) is 11.7 Å². The zero-order chi connectivity index (χ0) is 12.0. The van der Waals surface area contributed by atoms with E-state index < -0.39 is 42.2 Å². The lowest BCUT2D eigenvalue weighted by Crippen LogP contribution is -2.47. The molecule has 0 radical (unpaired) electrons. The molecule has 8 heteroatoms. The van der Waals surface area contributed by atoms with Crippen LogP contribution in [0.1, 0.15) is 0 Å². The second-order valence-corrected chi connectivity index (χ2v) is 3.05. The van der Waals surface area contributed by atoms with Gasteiger partial charge in [-0.25, -0.2) is 17.6 Å². The third-order valence-electron chi connectivity index (χ3n) is 2.04. The highest BCUT2D eigenvalue weighted by atomic mass is 19.4. The van der Waals surface area contributed by atoms with Crippen LogP contribution in [0.5, 0.6) is 0 Å². The topological polar surface area (TPSA) is 20.2 Å². The maximum absolute atomic E-state index is 12.7. The van der Waals surface area contributed by atoms with E-state index in [1.54, 1.807) is 0 Å². The Morgan fingerprint density at radius 1 is 0.933 bits per heavy atom. The molecule has 1 aliphatic rings. The summed E-state index contributed by atoms with van der Waals surface area (Å²) >= 11 is 0. The van der Waals surface area contributed by atoms with Gasteiger partial charge in [-0.3, -0.25) is 0 Å². The fraction of sp³-hybridized carbons (Fsp3) is 0.714. The van der Waals surface area contributed by atoms with Crippen LogP contribution in [0, 0.1) is 5.92 Å². The van der Waals surface area contributed by atoms with Crippen molar-refractivity contribution in [1.82, 2.24) is 0 Å². The molecule has 0 aromatic heterocycles. The Kier molecular flexibility index (Phi) is 2.99. The minimum Gasteiger partial charge on any atom is -0.383 e. The number of halogens is 7. The molecule has 15 heavy (non-hydrogen) atoms. The van der Waals surface area contributed by atoms with Crippen LogP contribution in [-0.2, 0) is 0 Å². The van der Waals surface area contributed by atoms with Crippen molar-refractivity contribution < 1.29 is 35.8 Å². The van der Waals surface area contributed by atoms with Gasteiger partial charge in [0.25, 0.3) is 0 Å². The van der Waals surface area contributed by atoms with E-state index in [4.69, 9.17) is 5.11 Å². The molecule has 4 atom stereocenters. The maximum atomic E-state index is 12.7. The number of hydrogen-bond donors (Lipinski definition) is 1. The number of alkyl halides is 5. The van der Waals surface area contributed by atoms with Crippen molar-refractivity contribution in [2.24, 2.45) is 5.92 Å². The number of rotatable bonds is 0. The highest BCUT2D eigenvalue weighted by Gasteiger charge is 2.57. The average molecular weight is 238 g/mol. The third-order valence-corrected chi connectivity index (χ3v) is 2.04. The molecule has 1 nitrogen and oxygen atoms in total. The van der Waals surface area contributed by atoms with Gasteiger partial charge >= 0.3 is 6.18 Å². The number of hydrogen-bond acceptors (Lipinski definition) is 1. The molecular weight excluding hydrogens is 233 g/mol. The van der Waals surface area contributed by atoms with E-state index in [2.05, 4.69) is 0 Å². The highest BCUT2D eigenvalue weighted by molar-refractivity contribution is 5.20. The molecule has 0 aromatic rings. The summed E-state index contributed by atoms with van der Waals surface area (Å²) in [5.41, 5.74) is 0. The summed E-state index contributed by atoms with van der Waals surface area (Å²) in [6.07, 6.45) is -14.7. The summed E-state index contributed by atoms with van der Waals surface area (Å²) in [5, 5.41) is 8.52. The van der Waals surface area contributed by atoms with Gasteiger partial charge in [0, 0.05) is 0 Å². The second kappa shape index (κ2) is 3.66. The fourth-order valence-corrected chi connectivity index (χ4v) is 1.25. The van der Waals surface area contributed by atoms with Gasteiger partial charge in [0.2, 0.25) is 0 Å². The number of aliphatic hydroxyl groups excluding tert-OH is 1. The van der Waals surface area contributed by atoms with Gasteiger partial charge in [-0.2, -0.15) is 13.2 Å². The van der Waals surface area contributed by atoms with Crippen LogP contribution in [0.3, 0.4) is 0 Å². The predicted molar refractivity (Wildman–Crippen MR) is 34.6 cm³/mol. The quantitative estimate of drug-likeness (QED) is 0.642. The van der Waals surface area contributed by atoms with Gasteiger partial charge in [0.15, 0.2) is 18.2 Å². The van der Waals surface area contributed by atoms with Gasteiger partial charge in [0.05, 0.1) is 0 Å². The van der Waals surface area contributed by atoms with Crippen LogP contribution in [0.15, 0.2) is 11.7 Å². The van der Waals surface area contributed by atoms with E-state index in [0.717, 1.165) is 0 Å². The van der Waals surface area contributed by atoms with Crippen LogP contribution in [0.4, 0.5) is 30.7 Å². The van der Waals surface area contributed by atoms with Crippen LogP contribution in [-0.4, -0.2) is 29.7 Å². The molecule has 1 aliphatic carbocycles. The van der Waals surface area contributed by atoms with Crippen LogP contribution in [0.2, 0.25) is 0 Å². The maximum Gasteiger partial charge on any atom is 0.401 e. The first-order valence-corrected chi connectivity index (χ1v) is 3.76. The first-order valence-electron chi connectivity index (χ1n) is 3.76. The molecule has 0 aliphatic heterocycles. The summed E-state index contributed by atoms with van der Waals surface area (Å²) in [4.78, 5) is 0. The summed E-state index contributed by atoms with van der Waals surface area (Å²) in [6, 6.07) is 0. The fourth-order valence-electron chi connectivity index (χ4n) is 1.25. The van der Waals surface area contributed by atoms with Crippen LogP contribution in [0.25, 0.3) is 0 Å². The van der Waals surface area contributed by atoms with E-state index in [1.807, 2.05) is 0 Å². The van der Waals surface area contributed by atoms with Crippen molar-refractivity contribution in [1.29, 1.82) is 0 Å². The second-order valence-electron chi connectivity index (χ2n) is 3.05. The average Bonchev–Trinajstić information content (AvgIpc) is 2.09. The molecule has 88 valence electrons. The molecule has 0 saturated carbocycles. The molecule has 0 aromatic carbocycles. The third kappa shape index (κ3) is 1.95. The highest BCUT2D eigenvalue weighted by Crippen LogP contribution is 2.44. The Balaban J connectivity index is 3.17. The van der Waals surface area contributed by atoms with E-state index in [0.29, 0.717) is 0 Å². The van der Waals surface area contributed by atoms with Crippen molar-refractivity contribution in [2.75, 3.05) is 0 Å². The van der Waals surface area contributed by atoms with Crippen molar-refractivity contribution in [3.8, 4) is 0 Å². The van der Waals surface area contributed by atoms with Gasteiger partial charge in [-0.15, -0.1) is 0 Å². The lowest BCUT2D eigenvalue weighted by atomic mass is 9.88. The molecule has 3 unspecified atom stereocenters. The summed E-state index contributed by atoms with van der Waals surface area (Å²) in [6.45, 7) is 0. The molecule has 0 bridgehead atoms. The zero-order valence-corrected chi connectivity index (χ0v) is 6.90. The first-order chi connectivity index (χ1) is 6.68. The molecule has 0 heterocycles. The monoisotopic (exact) mass is 238 g/mol. The Labute approximate surface area is 79.2 Å². The van der Waals surface area contributed by atoms with Gasteiger partial charge in [-0.1, -0.05) is 0 Å². The van der Waals surface area contributed by atoms with E-state index in [-0.39, 0.29) is 0 Å². The van der Waals surface area contributed by atoms with Gasteiger partial charge in [0.1, 0.15) is 17.8 Å². The van der Waals surface area contributed by atoms with E-state index in [1.165, 1.54) is 0 Å². The molecule has 0 saturated heterocycles. The Morgan fingerprint density at radius 2 is 1.40 bits per heavy atom. The molecule has 0 fully saturated rings. The largest absolute Gasteiger partial charge is 0.401 e. The van der Waals surface area contributed by atoms with Gasteiger partial charge in [-0.05, 0) is 0 Å². The zero-order valence-electron chi connectivity index (χ0n) is 6.90. The minimum atomic E-state index is -5.44. The minimum absolute atomic E-state index is 2.31. The molecular formula is C7H5F7O. The first kappa shape index (κ1) is 12.3. The predicted octanol–water partition coefficient (Wildman–Crippen LogP) is 2.37. The van der Waals surface area contributed by atoms with E-state index >= 15 is 0 Å². The summed E-state index contributed by atoms with van der Waals surface area (Å²) in [7, 11) is 0. The number of aliphatic hydroxyl groups is 1. The lowest BCUT2D eigenvalue weighted by molar-refractivity contribution is -0.199. The van der Waals surface area contributed by atoms with Crippen LogP contribution >= 0.6 is 0 Å².